The average Bonchev–Trinajstić information content (AvgIpc) is 2.40. The van der Waals surface area contributed by atoms with Gasteiger partial charge in [0.15, 0.2) is 0 Å². The van der Waals surface area contributed by atoms with Crippen LogP contribution in [0.2, 0.25) is 0 Å². The summed E-state index contributed by atoms with van der Waals surface area (Å²) < 4.78 is 5.39. The van der Waals surface area contributed by atoms with Gasteiger partial charge in [0, 0.05) is 4.90 Å². The lowest BCUT2D eigenvalue weighted by Gasteiger charge is -2.39. The van der Waals surface area contributed by atoms with Gasteiger partial charge in [0.2, 0.25) is 0 Å². The van der Waals surface area contributed by atoms with E-state index >= 15 is 0 Å². The zero-order valence-electron chi connectivity index (χ0n) is 9.59. The van der Waals surface area contributed by atoms with E-state index in [4.69, 9.17) is 9.84 Å². The maximum Gasteiger partial charge on any atom is 0.136 e. The molecule has 1 saturated heterocycles. The van der Waals surface area contributed by atoms with E-state index in [1.54, 1.807) is 0 Å². The lowest BCUT2D eigenvalue weighted by molar-refractivity contribution is -0.205. The molecular weight excluding hydrogens is 256 g/mol. The molecule has 1 fully saturated rings. The number of benzene rings is 1. The van der Waals surface area contributed by atoms with Crippen LogP contribution in [0, 0.1) is 0 Å². The topological polar surface area (TPSA) is 90.2 Å². The average molecular weight is 272 g/mol. The van der Waals surface area contributed by atoms with Gasteiger partial charge in [-0.2, -0.15) is 0 Å². The second-order valence-corrected chi connectivity index (χ2v) is 5.30. The van der Waals surface area contributed by atoms with E-state index in [1.807, 2.05) is 30.3 Å². The van der Waals surface area contributed by atoms with Gasteiger partial charge in [-0.05, 0) is 12.1 Å². The Labute approximate surface area is 109 Å². The maximum absolute atomic E-state index is 9.85. The van der Waals surface area contributed by atoms with Crippen molar-refractivity contribution < 1.29 is 25.2 Å². The van der Waals surface area contributed by atoms with Crippen molar-refractivity contribution in [3.8, 4) is 0 Å². The zero-order valence-corrected chi connectivity index (χ0v) is 10.4. The molecule has 2 rings (SSSR count). The van der Waals surface area contributed by atoms with Crippen LogP contribution < -0.4 is 0 Å². The first kappa shape index (κ1) is 13.8. The molecule has 0 aliphatic carbocycles. The summed E-state index contributed by atoms with van der Waals surface area (Å²) in [5.74, 6) is 0. The fourth-order valence-electron chi connectivity index (χ4n) is 1.80. The van der Waals surface area contributed by atoms with Crippen molar-refractivity contribution >= 4 is 11.8 Å². The molecule has 1 aromatic carbocycles. The molecule has 4 N–H and O–H groups in total. The summed E-state index contributed by atoms with van der Waals surface area (Å²) in [5, 5.41) is 38.2. The summed E-state index contributed by atoms with van der Waals surface area (Å²) in [6.45, 7) is -0.406. The minimum absolute atomic E-state index is 0.406. The first-order valence-electron chi connectivity index (χ1n) is 5.65. The lowest BCUT2D eigenvalue weighted by atomic mass is 10.0. The van der Waals surface area contributed by atoms with Crippen LogP contribution in [0.1, 0.15) is 0 Å². The maximum atomic E-state index is 9.85. The van der Waals surface area contributed by atoms with E-state index < -0.39 is 36.5 Å². The molecule has 1 aliphatic rings. The quantitative estimate of drug-likeness (QED) is 0.597. The molecule has 0 unspecified atom stereocenters. The molecule has 100 valence electrons. The summed E-state index contributed by atoms with van der Waals surface area (Å²) in [6, 6.07) is 9.29. The van der Waals surface area contributed by atoms with Crippen LogP contribution in [-0.2, 0) is 4.74 Å². The Hall–Kier alpha value is -0.630. The molecule has 18 heavy (non-hydrogen) atoms. The van der Waals surface area contributed by atoms with Gasteiger partial charge in [0.05, 0.1) is 6.61 Å². The summed E-state index contributed by atoms with van der Waals surface area (Å²) in [7, 11) is 0. The Morgan fingerprint density at radius 3 is 2.28 bits per heavy atom. The number of ether oxygens (including phenoxy) is 1. The summed E-state index contributed by atoms with van der Waals surface area (Å²) in [5.41, 5.74) is -0.719. The number of hydrogen-bond acceptors (Lipinski definition) is 6. The van der Waals surface area contributed by atoms with Crippen LogP contribution in [0.15, 0.2) is 35.2 Å². The first-order valence-corrected chi connectivity index (χ1v) is 6.53. The number of aliphatic hydroxyl groups excluding tert-OH is 4. The normalized spacial score (nSPS) is 36.6. The van der Waals surface area contributed by atoms with Crippen LogP contribution in [-0.4, -0.2) is 56.9 Å². The number of hydrogen-bond donors (Lipinski definition) is 4. The highest BCUT2D eigenvalue weighted by Gasteiger charge is 2.43. The second-order valence-electron chi connectivity index (χ2n) is 4.13. The minimum Gasteiger partial charge on any atom is -0.394 e. The molecule has 0 saturated carbocycles. The number of thioether (sulfide) groups is 1. The highest BCUT2D eigenvalue weighted by atomic mass is 32.2. The Morgan fingerprint density at radius 2 is 1.67 bits per heavy atom. The highest BCUT2D eigenvalue weighted by Crippen LogP contribution is 2.32. The molecule has 1 aliphatic heterocycles. The highest BCUT2D eigenvalue weighted by molar-refractivity contribution is 7.99. The fourth-order valence-corrected chi connectivity index (χ4v) is 2.88. The first-order chi connectivity index (χ1) is 8.63. The molecule has 5 atom stereocenters. The zero-order chi connectivity index (χ0) is 13.1. The Bertz CT molecular complexity index is 372. The fraction of sp³-hybridized carbons (Fsp3) is 0.500. The molecule has 5 nitrogen and oxygen atoms in total. The Morgan fingerprint density at radius 1 is 1.00 bits per heavy atom. The SMILES string of the molecule is OC[C@H]1O[C@@H](Sc2ccccc2)[C@@H](O)[C@@H](O)[C@H]1O. The second kappa shape index (κ2) is 6.01. The van der Waals surface area contributed by atoms with E-state index in [9.17, 15) is 15.3 Å². The van der Waals surface area contributed by atoms with E-state index in [1.165, 1.54) is 11.8 Å². The monoisotopic (exact) mass is 272 g/mol. The van der Waals surface area contributed by atoms with Crippen molar-refractivity contribution in [1.29, 1.82) is 0 Å². The standard InChI is InChI=1S/C12H16O5S/c13-6-8-9(14)10(15)11(16)12(17-8)18-7-4-2-1-3-5-7/h1-5,8-16H,6H2/t8-,9+,10+,11+,12+/m1/s1. The third kappa shape index (κ3) is 2.85. The van der Waals surface area contributed by atoms with Crippen molar-refractivity contribution in [3.63, 3.8) is 0 Å². The van der Waals surface area contributed by atoms with Gasteiger partial charge in [-0.3, -0.25) is 0 Å². The molecule has 0 bridgehead atoms. The van der Waals surface area contributed by atoms with E-state index in [2.05, 4.69) is 0 Å². The van der Waals surface area contributed by atoms with Gasteiger partial charge in [-0.15, -0.1) is 0 Å². The molecule has 6 heteroatoms. The summed E-state index contributed by atoms with van der Waals surface area (Å²) in [6.07, 6.45) is -4.69. The molecule has 1 aromatic rings. The molecule has 0 aromatic heterocycles. The van der Waals surface area contributed by atoms with Crippen LogP contribution in [0.4, 0.5) is 0 Å². The summed E-state index contributed by atoms with van der Waals surface area (Å²) in [4.78, 5) is 0.877. The van der Waals surface area contributed by atoms with Crippen LogP contribution in [0.25, 0.3) is 0 Å². The Kier molecular flexibility index (Phi) is 4.60. The number of rotatable bonds is 3. The van der Waals surface area contributed by atoms with Crippen molar-refractivity contribution in [2.75, 3.05) is 6.61 Å². The predicted octanol–water partition coefficient (Wildman–Crippen LogP) is -0.421. The Balaban J connectivity index is 2.08. The molecule has 1 heterocycles. The van der Waals surface area contributed by atoms with Crippen molar-refractivity contribution in [3.05, 3.63) is 30.3 Å². The van der Waals surface area contributed by atoms with Crippen molar-refractivity contribution in [2.45, 2.75) is 34.7 Å². The molecule has 0 radical (unpaired) electrons. The van der Waals surface area contributed by atoms with Gasteiger partial charge < -0.3 is 25.2 Å². The largest absolute Gasteiger partial charge is 0.394 e. The van der Waals surface area contributed by atoms with Crippen molar-refractivity contribution in [1.82, 2.24) is 0 Å². The van der Waals surface area contributed by atoms with Gasteiger partial charge in [0.25, 0.3) is 0 Å². The predicted molar refractivity (Wildman–Crippen MR) is 66.1 cm³/mol. The van der Waals surface area contributed by atoms with Gasteiger partial charge in [0.1, 0.15) is 29.9 Å². The number of aliphatic hydroxyl groups is 4. The van der Waals surface area contributed by atoms with Gasteiger partial charge >= 0.3 is 0 Å². The molecular formula is C12H16O5S. The van der Waals surface area contributed by atoms with Gasteiger partial charge in [-0.25, -0.2) is 0 Å². The molecule has 0 spiro atoms. The lowest BCUT2D eigenvalue weighted by Crippen LogP contribution is -2.57. The minimum atomic E-state index is -1.32. The summed E-state index contributed by atoms with van der Waals surface area (Å²) >= 11 is 1.24. The third-order valence-electron chi connectivity index (χ3n) is 2.84. The molecule has 0 amide bonds. The third-order valence-corrected chi connectivity index (χ3v) is 4.01. The van der Waals surface area contributed by atoms with Crippen LogP contribution in [0.3, 0.4) is 0 Å². The van der Waals surface area contributed by atoms with Gasteiger partial charge in [-0.1, -0.05) is 30.0 Å². The smallest absolute Gasteiger partial charge is 0.136 e. The van der Waals surface area contributed by atoms with E-state index in [0.29, 0.717) is 0 Å². The van der Waals surface area contributed by atoms with Crippen LogP contribution in [0.5, 0.6) is 0 Å². The van der Waals surface area contributed by atoms with E-state index in [-0.39, 0.29) is 0 Å². The van der Waals surface area contributed by atoms with Crippen LogP contribution >= 0.6 is 11.8 Å². The van der Waals surface area contributed by atoms with Crippen molar-refractivity contribution in [2.24, 2.45) is 0 Å². The van der Waals surface area contributed by atoms with E-state index in [0.717, 1.165) is 4.90 Å².